The molecule has 1 aliphatic rings. The van der Waals surface area contributed by atoms with Crippen molar-refractivity contribution < 1.29 is 9.13 Å². The number of methoxy groups -OCH3 is 1. The molecule has 112 valence electrons. The first-order valence-electron chi connectivity index (χ1n) is 7.40. The second kappa shape index (κ2) is 7.04. The summed E-state index contributed by atoms with van der Waals surface area (Å²) in [6.45, 7) is 8.49. The molecule has 20 heavy (non-hydrogen) atoms. The normalized spacial score (nSPS) is 18.2. The van der Waals surface area contributed by atoms with Gasteiger partial charge in [0.2, 0.25) is 0 Å². The fraction of sp³-hybridized carbons (Fsp3) is 0.625. The Morgan fingerprint density at radius 2 is 2.00 bits per heavy atom. The van der Waals surface area contributed by atoms with Gasteiger partial charge in [-0.15, -0.1) is 0 Å². The van der Waals surface area contributed by atoms with E-state index in [9.17, 15) is 4.39 Å². The molecular weight excluding hydrogens is 255 g/mol. The van der Waals surface area contributed by atoms with Crippen molar-refractivity contribution in [3.63, 3.8) is 0 Å². The zero-order valence-electron chi connectivity index (χ0n) is 12.7. The highest BCUT2D eigenvalue weighted by atomic mass is 19.1. The molecule has 0 saturated carbocycles. The third kappa shape index (κ3) is 3.70. The Hall–Kier alpha value is -1.13. The van der Waals surface area contributed by atoms with Gasteiger partial charge in [-0.3, -0.25) is 4.90 Å². The largest absolute Gasteiger partial charge is 0.494 e. The molecule has 1 atom stereocenters. The Morgan fingerprint density at radius 3 is 2.55 bits per heavy atom. The lowest BCUT2D eigenvalue weighted by molar-refractivity contribution is 0.153. The highest BCUT2D eigenvalue weighted by Gasteiger charge is 2.23. The van der Waals surface area contributed by atoms with E-state index in [-0.39, 0.29) is 11.9 Å². The van der Waals surface area contributed by atoms with Gasteiger partial charge in [0.05, 0.1) is 7.11 Å². The quantitative estimate of drug-likeness (QED) is 0.897. The van der Waals surface area contributed by atoms with Crippen LogP contribution in [-0.2, 0) is 0 Å². The van der Waals surface area contributed by atoms with Crippen molar-refractivity contribution in [1.29, 1.82) is 0 Å². The minimum Gasteiger partial charge on any atom is -0.494 e. The lowest BCUT2D eigenvalue weighted by Crippen LogP contribution is -2.45. The molecule has 0 aliphatic carbocycles. The lowest BCUT2D eigenvalue weighted by atomic mass is 9.95. The summed E-state index contributed by atoms with van der Waals surface area (Å²) in [7, 11) is 1.50. The van der Waals surface area contributed by atoms with Gasteiger partial charge in [0.25, 0.3) is 0 Å². The van der Waals surface area contributed by atoms with Crippen molar-refractivity contribution in [3.05, 3.63) is 29.6 Å². The predicted octanol–water partition coefficient (Wildman–Crippen LogP) is 2.83. The van der Waals surface area contributed by atoms with Crippen molar-refractivity contribution in [2.75, 3.05) is 33.3 Å². The van der Waals surface area contributed by atoms with Crippen LogP contribution >= 0.6 is 0 Å². The Bertz CT molecular complexity index is 430. The van der Waals surface area contributed by atoms with Gasteiger partial charge in [0.15, 0.2) is 11.6 Å². The molecule has 0 aromatic heterocycles. The Labute approximate surface area is 121 Å². The molecule has 1 heterocycles. The molecule has 0 bridgehead atoms. The zero-order chi connectivity index (χ0) is 14.5. The summed E-state index contributed by atoms with van der Waals surface area (Å²) in [5, 5.41) is 3.37. The molecule has 0 unspecified atom stereocenters. The van der Waals surface area contributed by atoms with E-state index >= 15 is 0 Å². The summed E-state index contributed by atoms with van der Waals surface area (Å²) in [4.78, 5) is 2.46. The first-order chi connectivity index (χ1) is 9.61. The first kappa shape index (κ1) is 15.3. The number of nitrogens with zero attached hydrogens (tertiary/aromatic N) is 1. The number of hydrogen-bond acceptors (Lipinski definition) is 3. The van der Waals surface area contributed by atoms with Crippen LogP contribution in [0.3, 0.4) is 0 Å². The van der Waals surface area contributed by atoms with Crippen LogP contribution in [0.4, 0.5) is 4.39 Å². The predicted molar refractivity (Wildman–Crippen MR) is 79.6 cm³/mol. The molecule has 0 radical (unpaired) electrons. The molecule has 1 aromatic carbocycles. The monoisotopic (exact) mass is 280 g/mol. The smallest absolute Gasteiger partial charge is 0.165 e. The number of rotatable bonds is 5. The third-order valence-electron chi connectivity index (χ3n) is 3.85. The maximum atomic E-state index is 14.0. The Morgan fingerprint density at radius 1 is 1.30 bits per heavy atom. The number of nitrogens with one attached hydrogen (secondary N) is 1. The van der Waals surface area contributed by atoms with Crippen LogP contribution in [0, 0.1) is 11.7 Å². The number of hydrogen-bond donors (Lipinski definition) is 1. The van der Waals surface area contributed by atoms with Gasteiger partial charge in [-0.25, -0.2) is 4.39 Å². The average molecular weight is 280 g/mol. The van der Waals surface area contributed by atoms with Gasteiger partial charge in [-0.1, -0.05) is 19.9 Å². The second-order valence-corrected chi connectivity index (χ2v) is 5.83. The van der Waals surface area contributed by atoms with Gasteiger partial charge in [0.1, 0.15) is 0 Å². The molecular formula is C16H25FN2O. The molecule has 1 aliphatic heterocycles. The number of ether oxygens (including phenoxy) is 1. The fourth-order valence-corrected chi connectivity index (χ4v) is 2.83. The summed E-state index contributed by atoms with van der Waals surface area (Å²) in [6, 6.07) is 5.66. The van der Waals surface area contributed by atoms with E-state index in [2.05, 4.69) is 24.1 Å². The standard InChI is InChI=1S/C16H25FN2O/c1-12(2)10-15(19-8-6-18-7-9-19)13-4-5-16(20-3)14(17)11-13/h4-5,11-12,15,18H,6-10H2,1-3H3/t15-/m1/s1. The van der Waals surface area contributed by atoms with E-state index in [1.165, 1.54) is 7.11 Å². The Kier molecular flexibility index (Phi) is 5.38. The SMILES string of the molecule is COc1ccc([C@@H](CC(C)C)N2CCNCC2)cc1F. The highest BCUT2D eigenvalue weighted by Crippen LogP contribution is 2.30. The number of benzene rings is 1. The maximum absolute atomic E-state index is 14.0. The van der Waals surface area contributed by atoms with Crippen molar-refractivity contribution in [2.24, 2.45) is 5.92 Å². The van der Waals surface area contributed by atoms with Crippen LogP contribution in [0.1, 0.15) is 31.9 Å². The molecule has 1 saturated heterocycles. The topological polar surface area (TPSA) is 24.5 Å². The lowest BCUT2D eigenvalue weighted by Gasteiger charge is -2.36. The summed E-state index contributed by atoms with van der Waals surface area (Å²) >= 11 is 0. The summed E-state index contributed by atoms with van der Waals surface area (Å²) in [5.74, 6) is 0.631. The first-order valence-corrected chi connectivity index (χ1v) is 7.40. The van der Waals surface area contributed by atoms with E-state index in [1.807, 2.05) is 6.07 Å². The summed E-state index contributed by atoms with van der Waals surface area (Å²) in [5.41, 5.74) is 1.05. The molecule has 0 spiro atoms. The van der Waals surface area contributed by atoms with Gasteiger partial charge < -0.3 is 10.1 Å². The van der Waals surface area contributed by atoms with Crippen molar-refractivity contribution >= 4 is 0 Å². The van der Waals surface area contributed by atoms with Gasteiger partial charge in [-0.05, 0) is 30.0 Å². The average Bonchev–Trinajstić information content (AvgIpc) is 2.45. The van der Waals surface area contributed by atoms with Crippen LogP contribution in [0.5, 0.6) is 5.75 Å². The van der Waals surface area contributed by atoms with E-state index in [0.717, 1.165) is 38.2 Å². The maximum Gasteiger partial charge on any atom is 0.165 e. The molecule has 1 N–H and O–H groups in total. The van der Waals surface area contributed by atoms with Crippen molar-refractivity contribution in [1.82, 2.24) is 10.2 Å². The second-order valence-electron chi connectivity index (χ2n) is 5.83. The fourth-order valence-electron chi connectivity index (χ4n) is 2.83. The van der Waals surface area contributed by atoms with Gasteiger partial charge in [-0.2, -0.15) is 0 Å². The number of piperazine rings is 1. The van der Waals surface area contributed by atoms with Crippen LogP contribution in [0.15, 0.2) is 18.2 Å². The van der Waals surface area contributed by atoms with Crippen molar-refractivity contribution in [3.8, 4) is 5.75 Å². The molecule has 4 heteroatoms. The minimum atomic E-state index is -0.270. The Balaban J connectivity index is 2.22. The van der Waals surface area contributed by atoms with E-state index in [4.69, 9.17) is 4.74 Å². The van der Waals surface area contributed by atoms with Gasteiger partial charge >= 0.3 is 0 Å². The highest BCUT2D eigenvalue weighted by molar-refractivity contribution is 5.31. The van der Waals surface area contributed by atoms with Crippen LogP contribution in [0.2, 0.25) is 0 Å². The third-order valence-corrected chi connectivity index (χ3v) is 3.85. The molecule has 2 rings (SSSR count). The van der Waals surface area contributed by atoms with Crippen LogP contribution in [-0.4, -0.2) is 38.2 Å². The van der Waals surface area contributed by atoms with Crippen LogP contribution < -0.4 is 10.1 Å². The van der Waals surface area contributed by atoms with Gasteiger partial charge in [0, 0.05) is 32.2 Å². The summed E-state index contributed by atoms with van der Waals surface area (Å²) in [6.07, 6.45) is 1.05. The van der Waals surface area contributed by atoms with E-state index < -0.39 is 0 Å². The van der Waals surface area contributed by atoms with E-state index in [0.29, 0.717) is 11.7 Å². The summed E-state index contributed by atoms with van der Waals surface area (Å²) < 4.78 is 19.0. The zero-order valence-corrected chi connectivity index (χ0v) is 12.7. The van der Waals surface area contributed by atoms with Crippen molar-refractivity contribution in [2.45, 2.75) is 26.3 Å². The molecule has 1 fully saturated rings. The molecule has 1 aromatic rings. The molecule has 3 nitrogen and oxygen atoms in total. The van der Waals surface area contributed by atoms with E-state index in [1.54, 1.807) is 12.1 Å². The van der Waals surface area contributed by atoms with Crippen LogP contribution in [0.25, 0.3) is 0 Å². The molecule has 0 amide bonds. The number of halogens is 1. The minimum absolute atomic E-state index is 0.270.